The van der Waals surface area contributed by atoms with Crippen LogP contribution in [0.4, 0.5) is 5.69 Å². The van der Waals surface area contributed by atoms with E-state index in [1.54, 1.807) is 6.07 Å². The van der Waals surface area contributed by atoms with Crippen molar-refractivity contribution in [3.05, 3.63) is 28.8 Å². The number of benzene rings is 1. The van der Waals surface area contributed by atoms with E-state index in [9.17, 15) is 0 Å². The molecule has 0 aliphatic carbocycles. The van der Waals surface area contributed by atoms with Gasteiger partial charge in [-0.1, -0.05) is 24.4 Å². The molecule has 2 rings (SSSR count). The summed E-state index contributed by atoms with van der Waals surface area (Å²) >= 11 is 6.04. The van der Waals surface area contributed by atoms with Crippen LogP contribution in [-0.4, -0.2) is 17.5 Å². The normalized spacial score (nSPS) is 22.4. The summed E-state index contributed by atoms with van der Waals surface area (Å²) in [5.41, 5.74) is 7.81. The number of nitrogen functional groups attached to an aromatic ring is 1. The van der Waals surface area contributed by atoms with E-state index in [0.717, 1.165) is 17.3 Å². The van der Waals surface area contributed by atoms with E-state index in [1.807, 2.05) is 12.1 Å². The molecule has 2 nitrogen and oxygen atoms in total. The maximum Gasteiger partial charge on any atom is 0.0429 e. The first-order chi connectivity index (χ1) is 8.15. The first kappa shape index (κ1) is 12.7. The zero-order valence-electron chi connectivity index (χ0n) is 10.5. The van der Waals surface area contributed by atoms with Gasteiger partial charge in [0.2, 0.25) is 0 Å². The molecule has 0 amide bonds. The van der Waals surface area contributed by atoms with E-state index >= 15 is 0 Å². The Morgan fingerprint density at radius 3 is 2.88 bits per heavy atom. The molecule has 1 aliphatic heterocycles. The van der Waals surface area contributed by atoms with Crippen molar-refractivity contribution in [2.75, 3.05) is 12.3 Å². The first-order valence-corrected chi connectivity index (χ1v) is 6.82. The van der Waals surface area contributed by atoms with E-state index in [-0.39, 0.29) is 0 Å². The van der Waals surface area contributed by atoms with E-state index in [2.05, 4.69) is 11.8 Å². The lowest BCUT2D eigenvalue weighted by Crippen LogP contribution is -2.31. The molecule has 2 N–H and O–H groups in total. The molecule has 17 heavy (non-hydrogen) atoms. The van der Waals surface area contributed by atoms with Gasteiger partial charge >= 0.3 is 0 Å². The predicted molar refractivity (Wildman–Crippen MR) is 74.2 cm³/mol. The Morgan fingerprint density at radius 2 is 2.12 bits per heavy atom. The molecule has 1 atom stereocenters. The van der Waals surface area contributed by atoms with Crippen LogP contribution in [0.3, 0.4) is 0 Å². The smallest absolute Gasteiger partial charge is 0.0429 e. The molecule has 1 heterocycles. The molecule has 3 heteroatoms. The number of hydrogen-bond acceptors (Lipinski definition) is 2. The molecule has 0 bridgehead atoms. The van der Waals surface area contributed by atoms with Crippen LogP contribution in [0.25, 0.3) is 0 Å². The molecule has 94 valence electrons. The van der Waals surface area contributed by atoms with Crippen LogP contribution in [0.2, 0.25) is 5.02 Å². The van der Waals surface area contributed by atoms with Gasteiger partial charge in [0.25, 0.3) is 0 Å². The highest BCUT2D eigenvalue weighted by Gasteiger charge is 2.16. The maximum atomic E-state index is 6.04. The molecular formula is C14H21ClN2. The quantitative estimate of drug-likeness (QED) is 0.814. The highest BCUT2D eigenvalue weighted by molar-refractivity contribution is 6.30. The summed E-state index contributed by atoms with van der Waals surface area (Å²) in [6.45, 7) is 4.47. The van der Waals surface area contributed by atoms with Gasteiger partial charge in [-0.3, -0.25) is 4.90 Å². The molecule has 1 fully saturated rings. The van der Waals surface area contributed by atoms with Crippen LogP contribution in [0.5, 0.6) is 0 Å². The van der Waals surface area contributed by atoms with Crippen LogP contribution >= 0.6 is 11.6 Å². The number of halogens is 1. The third-order valence-corrected chi connectivity index (χ3v) is 3.77. The Labute approximate surface area is 109 Å². The zero-order valence-corrected chi connectivity index (χ0v) is 11.2. The highest BCUT2D eigenvalue weighted by atomic mass is 35.5. The van der Waals surface area contributed by atoms with Crippen molar-refractivity contribution in [1.29, 1.82) is 0 Å². The first-order valence-electron chi connectivity index (χ1n) is 6.44. The fraction of sp³-hybridized carbons (Fsp3) is 0.571. The minimum Gasteiger partial charge on any atom is -0.399 e. The van der Waals surface area contributed by atoms with Gasteiger partial charge in [-0.2, -0.15) is 0 Å². The van der Waals surface area contributed by atoms with Crippen molar-refractivity contribution >= 4 is 17.3 Å². The van der Waals surface area contributed by atoms with E-state index in [1.165, 1.54) is 37.8 Å². The van der Waals surface area contributed by atoms with Gasteiger partial charge in [-0.15, -0.1) is 0 Å². The standard InChI is InChI=1S/C14H21ClN2/c1-11-5-3-2-4-6-17(11)10-12-7-13(15)9-14(16)8-12/h7-9,11H,2-6,10,16H2,1H3. The van der Waals surface area contributed by atoms with Crippen LogP contribution in [-0.2, 0) is 6.54 Å². The predicted octanol–water partition coefficient (Wildman–Crippen LogP) is 3.69. The number of hydrogen-bond donors (Lipinski definition) is 1. The van der Waals surface area contributed by atoms with E-state index in [0.29, 0.717) is 6.04 Å². The molecular weight excluding hydrogens is 232 g/mol. The average molecular weight is 253 g/mol. The molecule has 1 aromatic carbocycles. The number of nitrogens with two attached hydrogens (primary N) is 1. The number of nitrogens with zero attached hydrogens (tertiary/aromatic N) is 1. The molecule has 0 aromatic heterocycles. The monoisotopic (exact) mass is 252 g/mol. The Balaban J connectivity index is 2.07. The fourth-order valence-corrected chi connectivity index (χ4v) is 2.84. The Morgan fingerprint density at radius 1 is 1.29 bits per heavy atom. The van der Waals surface area contributed by atoms with Crippen molar-refractivity contribution < 1.29 is 0 Å². The average Bonchev–Trinajstić information content (AvgIpc) is 2.43. The largest absolute Gasteiger partial charge is 0.399 e. The van der Waals surface area contributed by atoms with Gasteiger partial charge in [0, 0.05) is 23.3 Å². The zero-order chi connectivity index (χ0) is 12.3. The fourth-order valence-electron chi connectivity index (χ4n) is 2.57. The number of rotatable bonds is 2. The van der Waals surface area contributed by atoms with Gasteiger partial charge in [0.15, 0.2) is 0 Å². The Hall–Kier alpha value is -0.730. The van der Waals surface area contributed by atoms with E-state index < -0.39 is 0 Å². The lowest BCUT2D eigenvalue weighted by atomic mass is 10.1. The van der Waals surface area contributed by atoms with Gasteiger partial charge in [0.05, 0.1) is 0 Å². The van der Waals surface area contributed by atoms with Crippen molar-refractivity contribution in [2.45, 2.75) is 45.2 Å². The van der Waals surface area contributed by atoms with Crippen molar-refractivity contribution in [3.8, 4) is 0 Å². The summed E-state index contributed by atoms with van der Waals surface area (Å²) in [5.74, 6) is 0. The van der Waals surface area contributed by atoms with Crippen LogP contribution in [0, 0.1) is 0 Å². The topological polar surface area (TPSA) is 29.3 Å². The summed E-state index contributed by atoms with van der Waals surface area (Å²) < 4.78 is 0. The van der Waals surface area contributed by atoms with Crippen molar-refractivity contribution in [2.24, 2.45) is 0 Å². The molecule has 1 unspecified atom stereocenters. The van der Waals surface area contributed by atoms with Crippen molar-refractivity contribution in [1.82, 2.24) is 4.90 Å². The van der Waals surface area contributed by atoms with Crippen molar-refractivity contribution in [3.63, 3.8) is 0 Å². The molecule has 0 saturated carbocycles. The minimum absolute atomic E-state index is 0.665. The van der Waals surface area contributed by atoms with Gasteiger partial charge in [-0.05, 0) is 50.1 Å². The number of anilines is 1. The van der Waals surface area contributed by atoms with Crippen LogP contribution < -0.4 is 5.73 Å². The van der Waals surface area contributed by atoms with Gasteiger partial charge in [0.1, 0.15) is 0 Å². The third kappa shape index (κ3) is 3.62. The van der Waals surface area contributed by atoms with Gasteiger partial charge < -0.3 is 5.73 Å². The second kappa shape index (κ2) is 5.74. The lowest BCUT2D eigenvalue weighted by molar-refractivity contribution is 0.205. The minimum atomic E-state index is 0.665. The van der Waals surface area contributed by atoms with Crippen LogP contribution in [0.15, 0.2) is 18.2 Å². The SMILES string of the molecule is CC1CCCCCN1Cc1cc(N)cc(Cl)c1. The molecule has 1 aromatic rings. The highest BCUT2D eigenvalue weighted by Crippen LogP contribution is 2.22. The number of likely N-dealkylation sites (tertiary alicyclic amines) is 1. The molecule has 1 saturated heterocycles. The molecule has 1 aliphatic rings. The molecule has 0 spiro atoms. The summed E-state index contributed by atoms with van der Waals surface area (Å²) in [4.78, 5) is 2.54. The van der Waals surface area contributed by atoms with Crippen LogP contribution in [0.1, 0.15) is 38.2 Å². The summed E-state index contributed by atoms with van der Waals surface area (Å²) in [5, 5.41) is 0.738. The summed E-state index contributed by atoms with van der Waals surface area (Å²) in [6.07, 6.45) is 5.32. The Kier molecular flexibility index (Phi) is 4.30. The summed E-state index contributed by atoms with van der Waals surface area (Å²) in [7, 11) is 0. The summed E-state index contributed by atoms with van der Waals surface area (Å²) in [6, 6.07) is 6.52. The Bertz CT molecular complexity index is 358. The lowest BCUT2D eigenvalue weighted by Gasteiger charge is -2.27. The second-order valence-electron chi connectivity index (χ2n) is 5.06. The second-order valence-corrected chi connectivity index (χ2v) is 5.50. The molecule has 0 radical (unpaired) electrons. The van der Waals surface area contributed by atoms with E-state index in [4.69, 9.17) is 17.3 Å². The van der Waals surface area contributed by atoms with Gasteiger partial charge in [-0.25, -0.2) is 0 Å². The third-order valence-electron chi connectivity index (χ3n) is 3.56. The maximum absolute atomic E-state index is 6.04.